The maximum Gasteiger partial charge on any atom is 0.0456 e. The normalized spacial score (nSPS) is 12.8. The van der Waals surface area contributed by atoms with Gasteiger partial charge in [-0.25, -0.2) is 0 Å². The summed E-state index contributed by atoms with van der Waals surface area (Å²) in [5.41, 5.74) is 2.44. The summed E-state index contributed by atoms with van der Waals surface area (Å²) >= 11 is 6.24. The Morgan fingerprint density at radius 1 is 1.33 bits per heavy atom. The van der Waals surface area contributed by atoms with Gasteiger partial charge in [0, 0.05) is 11.1 Å². The molecule has 15 heavy (non-hydrogen) atoms. The van der Waals surface area contributed by atoms with Crippen molar-refractivity contribution in [1.29, 1.82) is 0 Å². The summed E-state index contributed by atoms with van der Waals surface area (Å²) in [5.74, 6) is 0. The van der Waals surface area contributed by atoms with E-state index in [9.17, 15) is 0 Å². The predicted molar refractivity (Wildman–Crippen MR) is 67.5 cm³/mol. The molecular formula is C13H20ClN. The fourth-order valence-corrected chi connectivity index (χ4v) is 2.07. The molecule has 1 aromatic rings. The number of hydrogen-bond donors (Lipinski definition) is 1. The van der Waals surface area contributed by atoms with Crippen LogP contribution in [0.15, 0.2) is 18.2 Å². The smallest absolute Gasteiger partial charge is 0.0456 e. The minimum absolute atomic E-state index is 0.387. The summed E-state index contributed by atoms with van der Waals surface area (Å²) in [6.07, 6.45) is 2.22. The Hall–Kier alpha value is -0.530. The molecular weight excluding hydrogens is 206 g/mol. The van der Waals surface area contributed by atoms with Crippen molar-refractivity contribution in [2.45, 2.75) is 39.7 Å². The first-order valence-electron chi connectivity index (χ1n) is 5.68. The van der Waals surface area contributed by atoms with Crippen LogP contribution >= 0.6 is 11.6 Å². The largest absolute Gasteiger partial charge is 0.310 e. The molecule has 0 aliphatic carbocycles. The Morgan fingerprint density at radius 2 is 2.07 bits per heavy atom. The number of rotatable bonds is 5. The molecule has 1 aromatic carbocycles. The van der Waals surface area contributed by atoms with Gasteiger partial charge in [0.2, 0.25) is 0 Å². The lowest BCUT2D eigenvalue weighted by molar-refractivity contribution is 0.518. The topological polar surface area (TPSA) is 12.0 Å². The molecule has 1 atom stereocenters. The van der Waals surface area contributed by atoms with Gasteiger partial charge in [0.25, 0.3) is 0 Å². The van der Waals surface area contributed by atoms with Gasteiger partial charge in [-0.3, -0.25) is 0 Å². The van der Waals surface area contributed by atoms with Gasteiger partial charge in [-0.15, -0.1) is 0 Å². The summed E-state index contributed by atoms with van der Waals surface area (Å²) in [4.78, 5) is 0. The van der Waals surface area contributed by atoms with Crippen molar-refractivity contribution in [1.82, 2.24) is 5.32 Å². The highest BCUT2D eigenvalue weighted by molar-refractivity contribution is 6.31. The second kappa shape index (κ2) is 6.14. The van der Waals surface area contributed by atoms with Crippen LogP contribution in [0.5, 0.6) is 0 Å². The molecule has 0 amide bonds. The molecule has 0 bridgehead atoms. The van der Waals surface area contributed by atoms with Gasteiger partial charge in [-0.1, -0.05) is 37.6 Å². The molecule has 1 unspecified atom stereocenters. The molecule has 0 heterocycles. The van der Waals surface area contributed by atoms with E-state index in [-0.39, 0.29) is 0 Å². The Morgan fingerprint density at radius 3 is 2.60 bits per heavy atom. The lowest BCUT2D eigenvalue weighted by atomic mass is 10.0. The fourth-order valence-electron chi connectivity index (χ4n) is 1.71. The van der Waals surface area contributed by atoms with E-state index in [4.69, 9.17) is 11.6 Å². The Bertz CT molecular complexity index is 309. The zero-order valence-electron chi connectivity index (χ0n) is 9.81. The number of benzene rings is 1. The van der Waals surface area contributed by atoms with E-state index in [1.807, 2.05) is 6.07 Å². The molecule has 1 nitrogen and oxygen atoms in total. The number of aryl methyl sites for hydroxylation is 1. The molecule has 0 saturated carbocycles. The maximum atomic E-state index is 6.24. The molecule has 0 saturated heterocycles. The van der Waals surface area contributed by atoms with Crippen LogP contribution in [0.2, 0.25) is 5.02 Å². The fraction of sp³-hybridized carbons (Fsp3) is 0.538. The quantitative estimate of drug-likeness (QED) is 0.796. The zero-order valence-corrected chi connectivity index (χ0v) is 10.6. The second-order valence-electron chi connectivity index (χ2n) is 3.94. The van der Waals surface area contributed by atoms with Gasteiger partial charge >= 0.3 is 0 Å². The van der Waals surface area contributed by atoms with Crippen molar-refractivity contribution >= 4 is 11.6 Å². The van der Waals surface area contributed by atoms with E-state index in [0.29, 0.717) is 6.04 Å². The highest BCUT2D eigenvalue weighted by Gasteiger charge is 2.11. The molecule has 0 spiro atoms. The van der Waals surface area contributed by atoms with Crippen LogP contribution < -0.4 is 5.32 Å². The molecule has 84 valence electrons. The van der Waals surface area contributed by atoms with Crippen LogP contribution in [0.3, 0.4) is 0 Å². The molecule has 0 aliphatic rings. The summed E-state index contributed by atoms with van der Waals surface area (Å²) in [7, 11) is 0. The predicted octanol–water partition coefficient (Wildman–Crippen LogP) is 4.10. The minimum Gasteiger partial charge on any atom is -0.310 e. The number of halogens is 1. The molecule has 0 aliphatic heterocycles. The lowest BCUT2D eigenvalue weighted by Crippen LogP contribution is -2.21. The average molecular weight is 226 g/mol. The van der Waals surface area contributed by atoms with E-state index in [1.54, 1.807) is 0 Å². The summed E-state index contributed by atoms with van der Waals surface area (Å²) in [6, 6.07) is 6.68. The first-order valence-corrected chi connectivity index (χ1v) is 6.06. The van der Waals surface area contributed by atoms with E-state index in [2.05, 4.69) is 38.2 Å². The summed E-state index contributed by atoms with van der Waals surface area (Å²) in [6.45, 7) is 7.47. The van der Waals surface area contributed by atoms with Crippen molar-refractivity contribution in [3.05, 3.63) is 34.3 Å². The van der Waals surface area contributed by atoms with Crippen LogP contribution in [-0.4, -0.2) is 6.54 Å². The third-order valence-electron chi connectivity index (χ3n) is 2.58. The Kier molecular flexibility index (Phi) is 5.13. The summed E-state index contributed by atoms with van der Waals surface area (Å²) in [5, 5.41) is 4.39. The SMILES string of the molecule is CCCNC(CC)c1ccc(C)cc1Cl. The van der Waals surface area contributed by atoms with Crippen LogP contribution in [0.4, 0.5) is 0 Å². The Balaban J connectivity index is 2.81. The van der Waals surface area contributed by atoms with Gasteiger partial charge in [0.15, 0.2) is 0 Å². The van der Waals surface area contributed by atoms with Crippen molar-refractivity contribution in [3.63, 3.8) is 0 Å². The maximum absolute atomic E-state index is 6.24. The molecule has 1 rings (SSSR count). The highest BCUT2D eigenvalue weighted by atomic mass is 35.5. The van der Waals surface area contributed by atoms with Crippen molar-refractivity contribution in [2.75, 3.05) is 6.54 Å². The van der Waals surface area contributed by atoms with Gasteiger partial charge < -0.3 is 5.32 Å². The third-order valence-corrected chi connectivity index (χ3v) is 2.91. The number of nitrogens with one attached hydrogen (secondary N) is 1. The van der Waals surface area contributed by atoms with E-state index in [0.717, 1.165) is 24.4 Å². The lowest BCUT2D eigenvalue weighted by Gasteiger charge is -2.18. The standard InChI is InChI=1S/C13H20ClN/c1-4-8-15-13(5-2)11-7-6-10(3)9-12(11)14/h6-7,9,13,15H,4-5,8H2,1-3H3. The van der Waals surface area contributed by atoms with Crippen molar-refractivity contribution in [3.8, 4) is 0 Å². The van der Waals surface area contributed by atoms with Gasteiger partial charge in [0.1, 0.15) is 0 Å². The third kappa shape index (κ3) is 3.51. The van der Waals surface area contributed by atoms with E-state index >= 15 is 0 Å². The Labute approximate surface area is 97.8 Å². The molecule has 0 aromatic heterocycles. The van der Waals surface area contributed by atoms with Gasteiger partial charge in [0.05, 0.1) is 0 Å². The van der Waals surface area contributed by atoms with Gasteiger partial charge in [-0.2, -0.15) is 0 Å². The number of hydrogen-bond acceptors (Lipinski definition) is 1. The molecule has 0 radical (unpaired) electrons. The minimum atomic E-state index is 0.387. The van der Waals surface area contributed by atoms with E-state index in [1.165, 1.54) is 11.1 Å². The second-order valence-corrected chi connectivity index (χ2v) is 4.35. The first-order chi connectivity index (χ1) is 7.19. The van der Waals surface area contributed by atoms with Crippen LogP contribution in [0.25, 0.3) is 0 Å². The van der Waals surface area contributed by atoms with Crippen LogP contribution in [-0.2, 0) is 0 Å². The van der Waals surface area contributed by atoms with Crippen LogP contribution in [0, 0.1) is 6.92 Å². The molecule has 2 heteroatoms. The average Bonchev–Trinajstić information content (AvgIpc) is 2.21. The molecule has 0 fully saturated rings. The summed E-state index contributed by atoms with van der Waals surface area (Å²) < 4.78 is 0. The first kappa shape index (κ1) is 12.5. The monoisotopic (exact) mass is 225 g/mol. The van der Waals surface area contributed by atoms with Crippen molar-refractivity contribution < 1.29 is 0 Å². The van der Waals surface area contributed by atoms with Gasteiger partial charge in [-0.05, 0) is 43.5 Å². The molecule has 1 N–H and O–H groups in total. The highest BCUT2D eigenvalue weighted by Crippen LogP contribution is 2.26. The van der Waals surface area contributed by atoms with E-state index < -0.39 is 0 Å². The zero-order chi connectivity index (χ0) is 11.3. The van der Waals surface area contributed by atoms with Crippen molar-refractivity contribution in [2.24, 2.45) is 0 Å². The van der Waals surface area contributed by atoms with Crippen LogP contribution in [0.1, 0.15) is 43.9 Å².